The molecular weight excluding hydrogens is 280 g/mol. The van der Waals surface area contributed by atoms with Crippen molar-refractivity contribution in [3.05, 3.63) is 58.6 Å². The molecule has 0 aromatic heterocycles. The topological polar surface area (TPSA) is 29.3 Å². The van der Waals surface area contributed by atoms with Crippen LogP contribution in [0.4, 0.5) is 11.4 Å². The summed E-state index contributed by atoms with van der Waals surface area (Å²) in [5, 5.41) is 0.788. The van der Waals surface area contributed by atoms with Crippen molar-refractivity contribution in [2.75, 3.05) is 11.4 Å². The van der Waals surface area contributed by atoms with Crippen LogP contribution in [0.3, 0.4) is 0 Å². The molecule has 0 aliphatic rings. The highest BCUT2D eigenvalue weighted by atomic mass is 35.5. The molecule has 0 saturated carbocycles. The predicted molar refractivity (Wildman–Crippen MR) is 92.7 cm³/mol. The molecule has 1 atom stereocenters. The van der Waals surface area contributed by atoms with Gasteiger partial charge in [0.25, 0.3) is 0 Å². The van der Waals surface area contributed by atoms with E-state index in [9.17, 15) is 0 Å². The molecule has 3 heteroatoms. The molecule has 0 aliphatic carbocycles. The molecule has 112 valence electrons. The Hall–Kier alpha value is -1.51. The summed E-state index contributed by atoms with van der Waals surface area (Å²) in [6.07, 6.45) is 0.775. The summed E-state index contributed by atoms with van der Waals surface area (Å²) in [6.45, 7) is 7.16. The van der Waals surface area contributed by atoms with E-state index < -0.39 is 0 Å². The van der Waals surface area contributed by atoms with Crippen molar-refractivity contribution in [1.29, 1.82) is 0 Å². The Labute approximate surface area is 132 Å². The smallest absolute Gasteiger partial charge is 0.0459 e. The van der Waals surface area contributed by atoms with Crippen LogP contribution >= 0.6 is 11.6 Å². The number of nitrogens with zero attached hydrogens (tertiary/aromatic N) is 1. The second-order valence-electron chi connectivity index (χ2n) is 5.50. The van der Waals surface area contributed by atoms with Gasteiger partial charge in [0.1, 0.15) is 0 Å². The van der Waals surface area contributed by atoms with Crippen LogP contribution in [0.2, 0.25) is 5.02 Å². The van der Waals surface area contributed by atoms with Gasteiger partial charge in [0.15, 0.2) is 0 Å². The average Bonchev–Trinajstić information content (AvgIpc) is 2.43. The Balaban J connectivity index is 2.49. The number of halogens is 1. The van der Waals surface area contributed by atoms with Crippen molar-refractivity contribution >= 4 is 23.0 Å². The number of aryl methyl sites for hydroxylation is 1. The molecular formula is C18H23ClN2. The number of hydrogen-bond donors (Lipinski definition) is 1. The van der Waals surface area contributed by atoms with Crippen molar-refractivity contribution in [2.24, 2.45) is 5.73 Å². The first kappa shape index (κ1) is 15.9. The molecule has 2 N–H and O–H groups in total. The van der Waals surface area contributed by atoms with E-state index in [0.29, 0.717) is 0 Å². The van der Waals surface area contributed by atoms with Crippen molar-refractivity contribution in [1.82, 2.24) is 0 Å². The summed E-state index contributed by atoms with van der Waals surface area (Å²) in [5.74, 6) is 0. The Kier molecular flexibility index (Phi) is 5.27. The number of rotatable bonds is 5. The highest BCUT2D eigenvalue weighted by molar-refractivity contribution is 6.31. The quantitative estimate of drug-likeness (QED) is 0.867. The van der Waals surface area contributed by atoms with E-state index in [1.54, 1.807) is 0 Å². The zero-order valence-electron chi connectivity index (χ0n) is 12.9. The number of hydrogen-bond acceptors (Lipinski definition) is 2. The van der Waals surface area contributed by atoms with Gasteiger partial charge in [-0.25, -0.2) is 0 Å². The minimum Gasteiger partial charge on any atom is -0.341 e. The molecule has 2 rings (SSSR count). The van der Waals surface area contributed by atoms with Crippen molar-refractivity contribution in [2.45, 2.75) is 33.2 Å². The first-order chi connectivity index (χ1) is 10.0. The molecule has 21 heavy (non-hydrogen) atoms. The summed E-state index contributed by atoms with van der Waals surface area (Å²) >= 11 is 6.41. The van der Waals surface area contributed by atoms with Crippen LogP contribution in [0.1, 0.15) is 25.0 Å². The summed E-state index contributed by atoms with van der Waals surface area (Å²) < 4.78 is 0. The lowest BCUT2D eigenvalue weighted by molar-refractivity contribution is 0.736. The monoisotopic (exact) mass is 302 g/mol. The summed E-state index contributed by atoms with van der Waals surface area (Å²) in [4.78, 5) is 2.29. The van der Waals surface area contributed by atoms with Gasteiger partial charge in [-0.15, -0.1) is 0 Å². The zero-order chi connectivity index (χ0) is 15.4. The summed E-state index contributed by atoms with van der Waals surface area (Å²) in [6, 6.07) is 14.7. The third-order valence-electron chi connectivity index (χ3n) is 3.54. The third kappa shape index (κ3) is 3.78. The van der Waals surface area contributed by atoms with Gasteiger partial charge < -0.3 is 10.6 Å². The van der Waals surface area contributed by atoms with Gasteiger partial charge in [-0.1, -0.05) is 29.8 Å². The molecule has 2 aromatic carbocycles. The van der Waals surface area contributed by atoms with Crippen LogP contribution in [0.25, 0.3) is 0 Å². The Morgan fingerprint density at radius 2 is 1.90 bits per heavy atom. The van der Waals surface area contributed by atoms with Crippen LogP contribution in [-0.2, 0) is 6.42 Å². The van der Waals surface area contributed by atoms with Crippen molar-refractivity contribution < 1.29 is 0 Å². The molecule has 0 heterocycles. The molecule has 2 nitrogen and oxygen atoms in total. The third-order valence-corrected chi connectivity index (χ3v) is 3.89. The molecule has 1 unspecified atom stereocenters. The van der Waals surface area contributed by atoms with Crippen molar-refractivity contribution in [3.8, 4) is 0 Å². The number of anilines is 2. The van der Waals surface area contributed by atoms with Gasteiger partial charge in [-0.05, 0) is 62.6 Å². The normalized spacial score (nSPS) is 12.2. The molecule has 0 bridgehead atoms. The maximum absolute atomic E-state index is 6.41. The van der Waals surface area contributed by atoms with Gasteiger partial charge in [-0.3, -0.25) is 0 Å². The summed E-state index contributed by atoms with van der Waals surface area (Å²) in [5.41, 5.74) is 10.7. The fourth-order valence-electron chi connectivity index (χ4n) is 2.61. The minimum atomic E-state index is 0.0832. The molecule has 0 radical (unpaired) electrons. The van der Waals surface area contributed by atoms with Crippen LogP contribution in [0.15, 0.2) is 42.5 Å². The van der Waals surface area contributed by atoms with Crippen LogP contribution < -0.4 is 10.6 Å². The van der Waals surface area contributed by atoms with Gasteiger partial charge in [-0.2, -0.15) is 0 Å². The van der Waals surface area contributed by atoms with E-state index in [0.717, 1.165) is 29.2 Å². The molecule has 0 fully saturated rings. The molecule has 2 aromatic rings. The first-order valence-electron chi connectivity index (χ1n) is 7.40. The second kappa shape index (κ2) is 6.97. The lowest BCUT2D eigenvalue weighted by Gasteiger charge is -2.27. The Bertz CT molecular complexity index is 608. The zero-order valence-corrected chi connectivity index (χ0v) is 13.7. The van der Waals surface area contributed by atoms with Gasteiger partial charge >= 0.3 is 0 Å². The van der Waals surface area contributed by atoms with Gasteiger partial charge in [0.05, 0.1) is 0 Å². The largest absolute Gasteiger partial charge is 0.341 e. The predicted octanol–water partition coefficient (Wildman–Crippen LogP) is 4.70. The molecule has 0 spiro atoms. The van der Waals surface area contributed by atoms with E-state index in [4.69, 9.17) is 17.3 Å². The maximum atomic E-state index is 6.41. The van der Waals surface area contributed by atoms with Crippen molar-refractivity contribution in [3.63, 3.8) is 0 Å². The number of benzene rings is 2. The average molecular weight is 303 g/mol. The standard InChI is InChI=1S/C18H23ClN2/c1-4-21(15-8-5-7-13(2)11-15)18-10-6-9-17(19)16(18)12-14(3)20/h5-11,14H,4,12,20H2,1-3H3. The highest BCUT2D eigenvalue weighted by Gasteiger charge is 2.15. The van der Waals surface area contributed by atoms with Gasteiger partial charge in [0.2, 0.25) is 0 Å². The Morgan fingerprint density at radius 3 is 2.52 bits per heavy atom. The minimum absolute atomic E-state index is 0.0832. The molecule has 0 saturated heterocycles. The molecule has 0 amide bonds. The highest BCUT2D eigenvalue weighted by Crippen LogP contribution is 2.33. The fourth-order valence-corrected chi connectivity index (χ4v) is 2.86. The fraction of sp³-hybridized carbons (Fsp3) is 0.333. The van der Waals surface area contributed by atoms with Crippen LogP contribution in [0, 0.1) is 6.92 Å². The second-order valence-corrected chi connectivity index (χ2v) is 5.91. The van der Waals surface area contributed by atoms with E-state index in [1.165, 1.54) is 11.3 Å². The Morgan fingerprint density at radius 1 is 1.19 bits per heavy atom. The van der Waals surface area contributed by atoms with E-state index >= 15 is 0 Å². The lowest BCUT2D eigenvalue weighted by Crippen LogP contribution is -2.22. The van der Waals surface area contributed by atoms with E-state index in [1.807, 2.05) is 19.1 Å². The molecule has 0 aliphatic heterocycles. The van der Waals surface area contributed by atoms with Crippen LogP contribution in [-0.4, -0.2) is 12.6 Å². The van der Waals surface area contributed by atoms with E-state index in [-0.39, 0.29) is 6.04 Å². The van der Waals surface area contributed by atoms with Crippen LogP contribution in [0.5, 0.6) is 0 Å². The van der Waals surface area contributed by atoms with E-state index in [2.05, 4.69) is 49.1 Å². The lowest BCUT2D eigenvalue weighted by atomic mass is 10.0. The SMILES string of the molecule is CCN(c1cccc(C)c1)c1cccc(Cl)c1CC(C)N. The van der Waals surface area contributed by atoms with Gasteiger partial charge in [0, 0.05) is 29.0 Å². The maximum Gasteiger partial charge on any atom is 0.0459 e. The number of nitrogens with two attached hydrogens (primary N) is 1. The summed E-state index contributed by atoms with van der Waals surface area (Å²) in [7, 11) is 0. The first-order valence-corrected chi connectivity index (χ1v) is 7.78.